The first-order valence-corrected chi connectivity index (χ1v) is 9.87. The molecule has 2 fully saturated rings. The van der Waals surface area contributed by atoms with Crippen LogP contribution in [0.25, 0.3) is 0 Å². The topological polar surface area (TPSA) is 49.4 Å². The molecular formula is C22H32N2O2. The Hall–Kier alpha value is -1.84. The lowest BCUT2D eigenvalue weighted by atomic mass is 9.84. The van der Waals surface area contributed by atoms with E-state index in [1.54, 1.807) is 6.92 Å². The van der Waals surface area contributed by atoms with Crippen molar-refractivity contribution in [3.63, 3.8) is 0 Å². The van der Waals surface area contributed by atoms with Gasteiger partial charge in [0.25, 0.3) is 0 Å². The highest BCUT2D eigenvalue weighted by Crippen LogP contribution is 2.50. The Kier molecular flexibility index (Phi) is 5.14. The summed E-state index contributed by atoms with van der Waals surface area (Å²) in [7, 11) is 0. The van der Waals surface area contributed by atoms with Crippen molar-refractivity contribution in [2.75, 3.05) is 19.6 Å². The first kappa shape index (κ1) is 18.9. The summed E-state index contributed by atoms with van der Waals surface area (Å²) in [5, 5.41) is 2.90. The van der Waals surface area contributed by atoms with Crippen LogP contribution in [-0.2, 0) is 20.4 Å². The van der Waals surface area contributed by atoms with E-state index in [2.05, 4.69) is 55.3 Å². The lowest BCUT2D eigenvalue weighted by Gasteiger charge is -2.34. The number of carbonyl (C=O) groups is 2. The van der Waals surface area contributed by atoms with Gasteiger partial charge in [0.05, 0.1) is 5.41 Å². The normalized spacial score (nSPS) is 19.9. The molecule has 142 valence electrons. The smallest absolute Gasteiger partial charge is 0.233 e. The van der Waals surface area contributed by atoms with Crippen molar-refractivity contribution in [1.29, 1.82) is 0 Å². The van der Waals surface area contributed by atoms with Crippen LogP contribution in [0, 0.1) is 5.92 Å². The van der Waals surface area contributed by atoms with Crippen LogP contribution in [-0.4, -0.2) is 36.3 Å². The van der Waals surface area contributed by atoms with E-state index < -0.39 is 0 Å². The molecule has 1 saturated carbocycles. The van der Waals surface area contributed by atoms with E-state index in [-0.39, 0.29) is 16.7 Å². The predicted molar refractivity (Wildman–Crippen MR) is 104 cm³/mol. The van der Waals surface area contributed by atoms with Gasteiger partial charge >= 0.3 is 0 Å². The molecule has 0 unspecified atom stereocenters. The van der Waals surface area contributed by atoms with Crippen LogP contribution >= 0.6 is 0 Å². The van der Waals surface area contributed by atoms with Gasteiger partial charge in [0.1, 0.15) is 0 Å². The first-order valence-electron chi connectivity index (χ1n) is 9.87. The minimum Gasteiger partial charge on any atom is -0.356 e. The third-order valence-electron chi connectivity index (χ3n) is 6.00. The summed E-state index contributed by atoms with van der Waals surface area (Å²) in [6.07, 6.45) is 3.88. The van der Waals surface area contributed by atoms with Gasteiger partial charge in [-0.3, -0.25) is 9.59 Å². The third-order valence-corrected chi connectivity index (χ3v) is 6.00. The average molecular weight is 357 g/mol. The van der Waals surface area contributed by atoms with Crippen LogP contribution in [0.4, 0.5) is 0 Å². The van der Waals surface area contributed by atoms with Crippen molar-refractivity contribution >= 4 is 11.8 Å². The van der Waals surface area contributed by atoms with E-state index in [9.17, 15) is 9.59 Å². The SMILES string of the molecule is CC(=O)NCC1CCN(C(=O)C2(c3ccc(C(C)(C)C)cc3)CC2)CC1. The number of amides is 2. The Morgan fingerprint density at radius 3 is 2.15 bits per heavy atom. The summed E-state index contributed by atoms with van der Waals surface area (Å²) in [5.41, 5.74) is 2.34. The van der Waals surface area contributed by atoms with Crippen molar-refractivity contribution in [1.82, 2.24) is 10.2 Å². The fourth-order valence-corrected chi connectivity index (χ4v) is 3.97. The molecule has 0 radical (unpaired) electrons. The summed E-state index contributed by atoms with van der Waals surface area (Å²) < 4.78 is 0. The second kappa shape index (κ2) is 7.05. The van der Waals surface area contributed by atoms with E-state index in [1.165, 1.54) is 11.1 Å². The fourth-order valence-electron chi connectivity index (χ4n) is 3.97. The number of nitrogens with one attached hydrogen (secondary N) is 1. The molecular weight excluding hydrogens is 324 g/mol. The second-order valence-corrected chi connectivity index (χ2v) is 9.08. The highest BCUT2D eigenvalue weighted by atomic mass is 16.2. The van der Waals surface area contributed by atoms with Gasteiger partial charge < -0.3 is 10.2 Å². The van der Waals surface area contributed by atoms with E-state index in [4.69, 9.17) is 0 Å². The van der Waals surface area contributed by atoms with E-state index in [0.29, 0.717) is 11.8 Å². The Morgan fingerprint density at radius 1 is 1.12 bits per heavy atom. The zero-order valence-corrected chi connectivity index (χ0v) is 16.6. The lowest BCUT2D eigenvalue weighted by molar-refractivity contribution is -0.135. The number of benzene rings is 1. The van der Waals surface area contributed by atoms with Crippen molar-refractivity contribution in [3.8, 4) is 0 Å². The molecule has 0 bridgehead atoms. The zero-order chi connectivity index (χ0) is 18.9. The number of likely N-dealkylation sites (tertiary alicyclic amines) is 1. The summed E-state index contributed by atoms with van der Waals surface area (Å²) in [5.74, 6) is 0.822. The number of hydrogen-bond acceptors (Lipinski definition) is 2. The van der Waals surface area contributed by atoms with Gasteiger partial charge in [0.2, 0.25) is 11.8 Å². The van der Waals surface area contributed by atoms with Crippen LogP contribution in [0.3, 0.4) is 0 Å². The summed E-state index contributed by atoms with van der Waals surface area (Å²) in [6, 6.07) is 8.69. The predicted octanol–water partition coefficient (Wildman–Crippen LogP) is 3.39. The molecule has 26 heavy (non-hydrogen) atoms. The minimum atomic E-state index is -0.277. The second-order valence-electron chi connectivity index (χ2n) is 9.08. The monoisotopic (exact) mass is 356 g/mol. The van der Waals surface area contributed by atoms with Crippen molar-refractivity contribution in [2.24, 2.45) is 5.92 Å². The minimum absolute atomic E-state index is 0.0270. The van der Waals surface area contributed by atoms with Crippen LogP contribution in [0.1, 0.15) is 64.5 Å². The Balaban J connectivity index is 1.62. The van der Waals surface area contributed by atoms with Crippen LogP contribution in [0.5, 0.6) is 0 Å². The van der Waals surface area contributed by atoms with Crippen LogP contribution in [0.2, 0.25) is 0 Å². The molecule has 1 aromatic rings. The van der Waals surface area contributed by atoms with Gasteiger partial charge in [-0.05, 0) is 48.1 Å². The quantitative estimate of drug-likeness (QED) is 0.899. The summed E-state index contributed by atoms with van der Waals surface area (Å²) in [6.45, 7) is 10.6. The molecule has 0 aromatic heterocycles. The van der Waals surface area contributed by atoms with Crippen molar-refractivity contribution in [2.45, 2.75) is 64.2 Å². The maximum atomic E-state index is 13.2. The third kappa shape index (κ3) is 3.94. The zero-order valence-electron chi connectivity index (χ0n) is 16.6. The highest BCUT2D eigenvalue weighted by molar-refractivity contribution is 5.91. The molecule has 4 heteroatoms. The van der Waals surface area contributed by atoms with Gasteiger partial charge in [-0.1, -0.05) is 45.0 Å². The Morgan fingerprint density at radius 2 is 1.69 bits per heavy atom. The molecule has 1 aliphatic heterocycles. The van der Waals surface area contributed by atoms with E-state index >= 15 is 0 Å². The Labute approximate surface area is 157 Å². The maximum absolute atomic E-state index is 13.2. The Bertz CT molecular complexity index is 660. The molecule has 1 heterocycles. The molecule has 2 amide bonds. The lowest BCUT2D eigenvalue weighted by Crippen LogP contribution is -2.45. The van der Waals surface area contributed by atoms with Gasteiger partial charge in [0, 0.05) is 26.6 Å². The van der Waals surface area contributed by atoms with Gasteiger partial charge in [0.15, 0.2) is 0 Å². The van der Waals surface area contributed by atoms with Gasteiger partial charge in [-0.2, -0.15) is 0 Å². The number of piperidine rings is 1. The number of hydrogen-bond donors (Lipinski definition) is 1. The van der Waals surface area contributed by atoms with Crippen molar-refractivity contribution < 1.29 is 9.59 Å². The summed E-state index contributed by atoms with van der Waals surface area (Å²) in [4.78, 5) is 26.3. The molecule has 0 atom stereocenters. The number of carbonyl (C=O) groups excluding carboxylic acids is 2. The fraction of sp³-hybridized carbons (Fsp3) is 0.636. The van der Waals surface area contributed by atoms with Crippen molar-refractivity contribution in [3.05, 3.63) is 35.4 Å². The van der Waals surface area contributed by atoms with Crippen LogP contribution < -0.4 is 5.32 Å². The molecule has 0 spiro atoms. The van der Waals surface area contributed by atoms with Gasteiger partial charge in [-0.15, -0.1) is 0 Å². The first-order chi connectivity index (χ1) is 12.2. The molecule has 1 aliphatic carbocycles. The average Bonchev–Trinajstić information content (AvgIpc) is 3.41. The molecule has 2 aliphatic rings. The number of rotatable bonds is 4. The highest BCUT2D eigenvalue weighted by Gasteiger charge is 2.53. The molecule has 1 saturated heterocycles. The van der Waals surface area contributed by atoms with E-state index in [1.807, 2.05) is 0 Å². The van der Waals surface area contributed by atoms with Gasteiger partial charge in [-0.25, -0.2) is 0 Å². The maximum Gasteiger partial charge on any atom is 0.233 e. The molecule has 1 aromatic carbocycles. The van der Waals surface area contributed by atoms with Crippen LogP contribution in [0.15, 0.2) is 24.3 Å². The molecule has 4 nitrogen and oxygen atoms in total. The number of nitrogens with zero attached hydrogens (tertiary/aromatic N) is 1. The largest absolute Gasteiger partial charge is 0.356 e. The van der Waals surface area contributed by atoms with E-state index in [0.717, 1.165) is 45.3 Å². The molecule has 3 rings (SSSR count). The summed E-state index contributed by atoms with van der Waals surface area (Å²) >= 11 is 0. The molecule has 1 N–H and O–H groups in total. The standard InChI is InChI=1S/C22H32N2O2/c1-16(25)23-15-17-9-13-24(14-10-17)20(26)22(11-12-22)19-7-5-18(6-8-19)21(2,3)4/h5-8,17H,9-15H2,1-4H3,(H,23,25).